The first-order chi connectivity index (χ1) is 8.86. The van der Waals surface area contributed by atoms with Crippen LogP contribution >= 0.6 is 0 Å². The predicted octanol–water partition coefficient (Wildman–Crippen LogP) is 2.17. The third kappa shape index (κ3) is 4.84. The van der Waals surface area contributed by atoms with Crippen LogP contribution in [0, 0.1) is 0 Å². The second-order valence-corrected chi connectivity index (χ2v) is 7.54. The number of benzene rings is 1. The number of methoxy groups -OCH3 is 1. The highest BCUT2D eigenvalue weighted by Crippen LogP contribution is 2.18. The molecule has 19 heavy (non-hydrogen) atoms. The highest BCUT2D eigenvalue weighted by atomic mass is 32.2. The fraction of sp³-hybridized carbons (Fsp3) is 0.571. The molecule has 108 valence electrons. The Morgan fingerprint density at radius 3 is 2.53 bits per heavy atom. The Hall–Kier alpha value is -1.07. The van der Waals surface area contributed by atoms with Crippen molar-refractivity contribution in [2.45, 2.75) is 32.1 Å². The summed E-state index contributed by atoms with van der Waals surface area (Å²) in [4.78, 5) is 0. The topological polar surface area (TPSA) is 55.4 Å². The molecule has 5 heteroatoms. The maximum absolute atomic E-state index is 11.7. The molecule has 0 spiro atoms. The Bertz CT molecular complexity index is 497. The van der Waals surface area contributed by atoms with Gasteiger partial charge in [-0.3, -0.25) is 0 Å². The molecule has 4 nitrogen and oxygen atoms in total. The molecule has 0 aliphatic carbocycles. The number of rotatable bonds is 7. The quantitative estimate of drug-likeness (QED) is 0.834. The summed E-state index contributed by atoms with van der Waals surface area (Å²) in [5.41, 5.74) is 1.08. The molecule has 0 unspecified atom stereocenters. The normalized spacial score (nSPS) is 13.5. The summed E-state index contributed by atoms with van der Waals surface area (Å²) in [6.07, 6.45) is 0. The van der Waals surface area contributed by atoms with E-state index in [1.54, 1.807) is 21.0 Å². The fourth-order valence-corrected chi connectivity index (χ4v) is 2.56. The van der Waals surface area contributed by atoms with Crippen LogP contribution in [0.5, 0.6) is 5.75 Å². The third-order valence-electron chi connectivity index (χ3n) is 3.15. The van der Waals surface area contributed by atoms with E-state index in [2.05, 4.69) is 5.32 Å². The van der Waals surface area contributed by atoms with Crippen LogP contribution in [0.1, 0.15) is 32.4 Å². The van der Waals surface area contributed by atoms with Crippen LogP contribution in [0.2, 0.25) is 0 Å². The number of hydrogen-bond acceptors (Lipinski definition) is 4. The zero-order valence-electron chi connectivity index (χ0n) is 12.0. The van der Waals surface area contributed by atoms with E-state index in [1.165, 1.54) is 0 Å². The van der Waals surface area contributed by atoms with Crippen molar-refractivity contribution in [2.24, 2.45) is 0 Å². The van der Waals surface area contributed by atoms with Gasteiger partial charge in [-0.2, -0.15) is 0 Å². The molecule has 0 aromatic heterocycles. The molecule has 0 bridgehead atoms. The van der Waals surface area contributed by atoms with Crippen LogP contribution in [0.3, 0.4) is 0 Å². The van der Waals surface area contributed by atoms with E-state index in [0.717, 1.165) is 11.3 Å². The highest BCUT2D eigenvalue weighted by molar-refractivity contribution is 7.92. The van der Waals surface area contributed by atoms with Crippen molar-refractivity contribution in [3.8, 4) is 5.75 Å². The molecular weight excluding hydrogens is 262 g/mol. The van der Waals surface area contributed by atoms with E-state index in [9.17, 15) is 8.42 Å². The second-order valence-electron chi connectivity index (χ2n) is 4.87. The van der Waals surface area contributed by atoms with Gasteiger partial charge in [-0.25, -0.2) is 8.42 Å². The van der Waals surface area contributed by atoms with E-state index in [1.807, 2.05) is 31.2 Å². The zero-order chi connectivity index (χ0) is 14.5. The SMILES string of the molecule is COc1cccc([C@@H](C)NCCS(=O)(=O)C(C)C)c1. The summed E-state index contributed by atoms with van der Waals surface area (Å²) in [5, 5.41) is 2.91. The van der Waals surface area contributed by atoms with Gasteiger partial charge in [0.1, 0.15) is 5.75 Å². The van der Waals surface area contributed by atoms with E-state index in [-0.39, 0.29) is 17.0 Å². The first kappa shape index (κ1) is 16.0. The minimum absolute atomic E-state index is 0.0949. The maximum Gasteiger partial charge on any atom is 0.153 e. The summed E-state index contributed by atoms with van der Waals surface area (Å²) in [5.74, 6) is 0.972. The Morgan fingerprint density at radius 1 is 1.26 bits per heavy atom. The lowest BCUT2D eigenvalue weighted by Gasteiger charge is -2.15. The Morgan fingerprint density at radius 2 is 1.95 bits per heavy atom. The van der Waals surface area contributed by atoms with E-state index < -0.39 is 9.84 Å². The van der Waals surface area contributed by atoms with Gasteiger partial charge in [-0.1, -0.05) is 12.1 Å². The molecule has 1 aromatic rings. The molecule has 0 saturated carbocycles. The molecular formula is C14H23NO3S. The molecule has 0 aliphatic heterocycles. The molecule has 1 N–H and O–H groups in total. The molecule has 0 saturated heterocycles. The summed E-state index contributed by atoms with van der Waals surface area (Å²) in [7, 11) is -1.34. The van der Waals surface area contributed by atoms with Crippen LogP contribution in [-0.2, 0) is 9.84 Å². The van der Waals surface area contributed by atoms with Crippen molar-refractivity contribution in [1.29, 1.82) is 0 Å². The lowest BCUT2D eigenvalue weighted by Crippen LogP contribution is -2.29. The molecule has 0 radical (unpaired) electrons. The van der Waals surface area contributed by atoms with Crippen molar-refractivity contribution in [3.63, 3.8) is 0 Å². The molecule has 0 heterocycles. The number of ether oxygens (including phenoxy) is 1. The molecule has 1 aromatic carbocycles. The smallest absolute Gasteiger partial charge is 0.153 e. The largest absolute Gasteiger partial charge is 0.497 e. The van der Waals surface area contributed by atoms with Crippen molar-refractivity contribution in [2.75, 3.05) is 19.4 Å². The fourth-order valence-electron chi connectivity index (χ4n) is 1.68. The lowest BCUT2D eigenvalue weighted by atomic mass is 10.1. The van der Waals surface area contributed by atoms with Crippen LogP contribution in [0.15, 0.2) is 24.3 Å². The predicted molar refractivity (Wildman–Crippen MR) is 78.3 cm³/mol. The summed E-state index contributed by atoms with van der Waals surface area (Å²) in [6, 6.07) is 7.86. The van der Waals surface area contributed by atoms with Crippen molar-refractivity contribution >= 4 is 9.84 Å². The van der Waals surface area contributed by atoms with Gasteiger partial charge in [0, 0.05) is 12.6 Å². The first-order valence-corrected chi connectivity index (χ1v) is 8.17. The minimum atomic E-state index is -2.98. The van der Waals surface area contributed by atoms with Gasteiger partial charge in [0.25, 0.3) is 0 Å². The van der Waals surface area contributed by atoms with Crippen LogP contribution < -0.4 is 10.1 Å². The third-order valence-corrected chi connectivity index (χ3v) is 5.36. The molecule has 0 aliphatic rings. The Labute approximate surface area is 116 Å². The van der Waals surface area contributed by atoms with E-state index in [4.69, 9.17) is 4.74 Å². The maximum atomic E-state index is 11.7. The minimum Gasteiger partial charge on any atom is -0.497 e. The number of hydrogen-bond donors (Lipinski definition) is 1. The van der Waals surface area contributed by atoms with Gasteiger partial charge in [0.05, 0.1) is 18.1 Å². The van der Waals surface area contributed by atoms with Gasteiger partial charge in [-0.05, 0) is 38.5 Å². The van der Waals surface area contributed by atoms with Crippen LogP contribution in [-0.4, -0.2) is 33.1 Å². The van der Waals surface area contributed by atoms with Crippen molar-refractivity contribution in [3.05, 3.63) is 29.8 Å². The lowest BCUT2D eigenvalue weighted by molar-refractivity contribution is 0.413. The van der Waals surface area contributed by atoms with Gasteiger partial charge >= 0.3 is 0 Å². The molecule has 0 fully saturated rings. The summed E-state index contributed by atoms with van der Waals surface area (Å²) < 4.78 is 28.5. The number of nitrogens with one attached hydrogen (secondary N) is 1. The Kier molecular flexibility index (Phi) is 5.82. The standard InChI is InChI=1S/C14H23NO3S/c1-11(2)19(16,17)9-8-15-12(3)13-6-5-7-14(10-13)18-4/h5-7,10-12,15H,8-9H2,1-4H3/t12-/m1/s1. The Balaban J connectivity index is 2.54. The van der Waals surface area contributed by atoms with Gasteiger partial charge in [-0.15, -0.1) is 0 Å². The van der Waals surface area contributed by atoms with Crippen molar-refractivity contribution in [1.82, 2.24) is 5.32 Å². The van der Waals surface area contributed by atoms with E-state index >= 15 is 0 Å². The van der Waals surface area contributed by atoms with Gasteiger partial charge in [0.2, 0.25) is 0 Å². The summed E-state index contributed by atoms with van der Waals surface area (Å²) in [6.45, 7) is 5.89. The average Bonchev–Trinajstić information content (AvgIpc) is 2.38. The second kappa shape index (κ2) is 6.91. The molecule has 0 amide bonds. The molecule has 1 rings (SSSR count). The van der Waals surface area contributed by atoms with Crippen LogP contribution in [0.4, 0.5) is 0 Å². The van der Waals surface area contributed by atoms with Crippen molar-refractivity contribution < 1.29 is 13.2 Å². The average molecular weight is 285 g/mol. The molecule has 1 atom stereocenters. The van der Waals surface area contributed by atoms with Gasteiger partial charge < -0.3 is 10.1 Å². The first-order valence-electron chi connectivity index (χ1n) is 6.45. The highest BCUT2D eigenvalue weighted by Gasteiger charge is 2.16. The zero-order valence-corrected chi connectivity index (χ0v) is 12.8. The summed E-state index contributed by atoms with van der Waals surface area (Å²) >= 11 is 0. The van der Waals surface area contributed by atoms with Crippen LogP contribution in [0.25, 0.3) is 0 Å². The van der Waals surface area contributed by atoms with Gasteiger partial charge in [0.15, 0.2) is 9.84 Å². The van der Waals surface area contributed by atoms with E-state index in [0.29, 0.717) is 6.54 Å². The monoisotopic (exact) mass is 285 g/mol. The number of sulfone groups is 1.